The summed E-state index contributed by atoms with van der Waals surface area (Å²) in [6, 6.07) is 8.64. The van der Waals surface area contributed by atoms with E-state index < -0.39 is 0 Å². The van der Waals surface area contributed by atoms with E-state index in [-0.39, 0.29) is 5.91 Å². The smallest absolute Gasteiger partial charge is 0.251 e. The van der Waals surface area contributed by atoms with Gasteiger partial charge in [-0.3, -0.25) is 14.8 Å². The van der Waals surface area contributed by atoms with Crippen molar-refractivity contribution in [1.29, 1.82) is 0 Å². The summed E-state index contributed by atoms with van der Waals surface area (Å²) in [7, 11) is 0. The van der Waals surface area contributed by atoms with Gasteiger partial charge >= 0.3 is 0 Å². The minimum absolute atomic E-state index is 0.0260. The van der Waals surface area contributed by atoms with Crippen molar-refractivity contribution in [3.63, 3.8) is 0 Å². The summed E-state index contributed by atoms with van der Waals surface area (Å²) in [5.74, 6) is 0.761. The van der Waals surface area contributed by atoms with Crippen LogP contribution >= 0.6 is 11.8 Å². The molecule has 0 aliphatic heterocycles. The van der Waals surface area contributed by atoms with E-state index in [1.807, 2.05) is 24.3 Å². The van der Waals surface area contributed by atoms with Crippen molar-refractivity contribution in [2.75, 3.05) is 13.1 Å². The molecule has 0 saturated heterocycles. The van der Waals surface area contributed by atoms with Crippen LogP contribution in [0.1, 0.15) is 43.6 Å². The molecule has 7 heteroatoms. The number of carbonyl (C=O) groups is 1. The highest BCUT2D eigenvalue weighted by molar-refractivity contribution is 7.98. The van der Waals surface area contributed by atoms with E-state index in [9.17, 15) is 4.79 Å². The summed E-state index contributed by atoms with van der Waals surface area (Å²) in [6.45, 7) is 10.2. The van der Waals surface area contributed by atoms with Gasteiger partial charge in [-0.15, -0.1) is 0 Å². The second-order valence-corrected chi connectivity index (χ2v) is 7.42. The zero-order chi connectivity index (χ0) is 18.2. The Kier molecular flexibility index (Phi) is 7.46. The van der Waals surface area contributed by atoms with E-state index in [1.165, 1.54) is 6.33 Å². The van der Waals surface area contributed by atoms with Crippen molar-refractivity contribution in [3.8, 4) is 0 Å². The molecule has 136 valence electrons. The molecule has 0 aliphatic rings. The zero-order valence-electron chi connectivity index (χ0n) is 15.3. The molecular weight excluding hydrogens is 334 g/mol. The van der Waals surface area contributed by atoms with Gasteiger partial charge in [0.25, 0.3) is 5.91 Å². The maximum Gasteiger partial charge on any atom is 0.251 e. The van der Waals surface area contributed by atoms with Crippen LogP contribution in [0.3, 0.4) is 0 Å². The number of H-pyrrole nitrogens is 1. The molecule has 0 atom stereocenters. The quantitative estimate of drug-likeness (QED) is 0.672. The topological polar surface area (TPSA) is 73.9 Å². The van der Waals surface area contributed by atoms with Crippen LogP contribution in [0.5, 0.6) is 0 Å². The molecule has 6 nitrogen and oxygen atoms in total. The van der Waals surface area contributed by atoms with Crippen LogP contribution in [0.2, 0.25) is 0 Å². The van der Waals surface area contributed by atoms with Crippen molar-refractivity contribution in [1.82, 2.24) is 25.4 Å². The van der Waals surface area contributed by atoms with E-state index in [4.69, 9.17) is 0 Å². The van der Waals surface area contributed by atoms with E-state index in [0.717, 1.165) is 23.0 Å². The third kappa shape index (κ3) is 6.17. The Balaban J connectivity index is 1.79. The molecule has 0 unspecified atom stereocenters. The lowest BCUT2D eigenvalue weighted by atomic mass is 10.1. The average molecular weight is 362 g/mol. The predicted octanol–water partition coefficient (Wildman–Crippen LogP) is 2.95. The van der Waals surface area contributed by atoms with Gasteiger partial charge in [-0.25, -0.2) is 4.98 Å². The first-order valence-corrected chi connectivity index (χ1v) is 9.57. The SMILES string of the molecule is CC(C)N(CCNC(=O)c1ccc(CSc2ncn[nH]2)cc1)C(C)C. The van der Waals surface area contributed by atoms with E-state index in [0.29, 0.717) is 24.2 Å². The second kappa shape index (κ2) is 9.58. The minimum Gasteiger partial charge on any atom is -0.351 e. The maximum atomic E-state index is 12.3. The molecule has 1 aromatic carbocycles. The Hall–Kier alpha value is -1.86. The molecule has 2 aromatic rings. The first-order chi connectivity index (χ1) is 12.0. The van der Waals surface area contributed by atoms with Crippen LogP contribution in [0.15, 0.2) is 35.7 Å². The normalized spacial score (nSPS) is 11.5. The summed E-state index contributed by atoms with van der Waals surface area (Å²) in [5, 5.41) is 10.4. The first kappa shape index (κ1) is 19.5. The van der Waals surface area contributed by atoms with Crippen molar-refractivity contribution >= 4 is 17.7 Å². The van der Waals surface area contributed by atoms with Crippen LogP contribution in [0.4, 0.5) is 0 Å². The van der Waals surface area contributed by atoms with Crippen LogP contribution in [-0.4, -0.2) is 51.2 Å². The Labute approximate surface area is 153 Å². The highest BCUT2D eigenvalue weighted by Crippen LogP contribution is 2.18. The molecule has 25 heavy (non-hydrogen) atoms. The van der Waals surface area contributed by atoms with Gasteiger partial charge in [0, 0.05) is 36.5 Å². The summed E-state index contributed by atoms with van der Waals surface area (Å²) in [5.41, 5.74) is 1.83. The van der Waals surface area contributed by atoms with Crippen molar-refractivity contribution in [2.45, 2.75) is 50.7 Å². The average Bonchev–Trinajstić information content (AvgIpc) is 3.10. The lowest BCUT2D eigenvalue weighted by molar-refractivity contribution is 0.0939. The summed E-state index contributed by atoms with van der Waals surface area (Å²) in [4.78, 5) is 18.7. The number of benzene rings is 1. The number of carbonyl (C=O) groups excluding carboxylic acids is 1. The van der Waals surface area contributed by atoms with Gasteiger partial charge in [0.05, 0.1) is 0 Å². The third-order valence-corrected chi connectivity index (χ3v) is 4.91. The molecule has 0 aliphatic carbocycles. The molecule has 1 heterocycles. The number of thioether (sulfide) groups is 1. The first-order valence-electron chi connectivity index (χ1n) is 8.58. The van der Waals surface area contributed by atoms with E-state index >= 15 is 0 Å². The summed E-state index contributed by atoms with van der Waals surface area (Å²) in [6.07, 6.45) is 1.50. The number of hydrogen-bond acceptors (Lipinski definition) is 5. The second-order valence-electron chi connectivity index (χ2n) is 6.46. The van der Waals surface area contributed by atoms with Crippen LogP contribution < -0.4 is 5.32 Å². The van der Waals surface area contributed by atoms with Gasteiger partial charge in [-0.05, 0) is 45.4 Å². The number of nitrogens with one attached hydrogen (secondary N) is 2. The van der Waals surface area contributed by atoms with Crippen molar-refractivity contribution < 1.29 is 4.79 Å². The molecule has 0 saturated carbocycles. The number of aromatic nitrogens is 3. The van der Waals surface area contributed by atoms with E-state index in [2.05, 4.69) is 53.1 Å². The Morgan fingerprint density at radius 2 is 1.88 bits per heavy atom. The Morgan fingerprint density at radius 1 is 1.20 bits per heavy atom. The summed E-state index contributed by atoms with van der Waals surface area (Å²) >= 11 is 1.58. The fourth-order valence-corrected chi connectivity index (χ4v) is 3.42. The molecular formula is C18H27N5OS. The number of aromatic amines is 1. The number of amides is 1. The molecule has 1 amide bonds. The molecule has 2 rings (SSSR count). The molecule has 0 fully saturated rings. The van der Waals surface area contributed by atoms with Gasteiger partial charge in [0.15, 0.2) is 5.16 Å². The summed E-state index contributed by atoms with van der Waals surface area (Å²) < 4.78 is 0. The molecule has 0 bridgehead atoms. The number of rotatable bonds is 9. The lowest BCUT2D eigenvalue weighted by Crippen LogP contribution is -2.42. The van der Waals surface area contributed by atoms with Gasteiger partial charge < -0.3 is 5.32 Å². The van der Waals surface area contributed by atoms with Gasteiger partial charge in [0.2, 0.25) is 0 Å². The monoisotopic (exact) mass is 361 g/mol. The lowest BCUT2D eigenvalue weighted by Gasteiger charge is -2.30. The van der Waals surface area contributed by atoms with Crippen LogP contribution in [0.25, 0.3) is 0 Å². The molecule has 0 radical (unpaired) electrons. The Bertz CT molecular complexity index is 632. The third-order valence-electron chi connectivity index (χ3n) is 3.97. The van der Waals surface area contributed by atoms with Gasteiger partial charge in [-0.1, -0.05) is 23.9 Å². The molecule has 0 spiro atoms. The van der Waals surface area contributed by atoms with Crippen molar-refractivity contribution in [3.05, 3.63) is 41.7 Å². The zero-order valence-corrected chi connectivity index (χ0v) is 16.1. The highest BCUT2D eigenvalue weighted by atomic mass is 32.2. The Morgan fingerprint density at radius 3 is 2.44 bits per heavy atom. The van der Waals surface area contributed by atoms with Gasteiger partial charge in [0.1, 0.15) is 6.33 Å². The molecule has 2 N–H and O–H groups in total. The fraction of sp³-hybridized carbons (Fsp3) is 0.500. The van der Waals surface area contributed by atoms with Crippen LogP contribution in [0, 0.1) is 0 Å². The van der Waals surface area contributed by atoms with E-state index in [1.54, 1.807) is 11.8 Å². The standard InChI is InChI=1S/C18H27N5OS/c1-13(2)23(14(3)4)10-9-19-17(24)16-7-5-15(6-8-16)11-25-18-20-12-21-22-18/h5-8,12-14H,9-11H2,1-4H3,(H,19,24)(H,20,21,22). The van der Waals surface area contributed by atoms with Crippen LogP contribution in [-0.2, 0) is 5.75 Å². The maximum absolute atomic E-state index is 12.3. The number of nitrogens with zero attached hydrogens (tertiary/aromatic N) is 3. The van der Waals surface area contributed by atoms with Gasteiger partial charge in [-0.2, -0.15) is 5.10 Å². The largest absolute Gasteiger partial charge is 0.351 e. The predicted molar refractivity (Wildman–Crippen MR) is 102 cm³/mol. The fourth-order valence-electron chi connectivity index (χ4n) is 2.68. The number of hydrogen-bond donors (Lipinski definition) is 2. The van der Waals surface area contributed by atoms with Crippen molar-refractivity contribution in [2.24, 2.45) is 0 Å². The molecule has 1 aromatic heterocycles. The minimum atomic E-state index is -0.0260. The highest BCUT2D eigenvalue weighted by Gasteiger charge is 2.13.